The number of nitrogen functional groups attached to an aromatic ring is 1. The number of halogens is 3. The molecular formula is C33H43BrF2N6O3. The topological polar surface area (TPSA) is 107 Å². The summed E-state index contributed by atoms with van der Waals surface area (Å²) in [5.74, 6) is -1.51. The minimum absolute atomic E-state index is 0.0502. The first-order valence-electron chi connectivity index (χ1n) is 15.1. The van der Waals surface area contributed by atoms with E-state index in [0.29, 0.717) is 31.7 Å². The molecule has 3 aromatic rings. The van der Waals surface area contributed by atoms with E-state index in [4.69, 9.17) is 10.5 Å². The van der Waals surface area contributed by atoms with Crippen molar-refractivity contribution in [3.8, 4) is 11.3 Å². The Morgan fingerprint density at radius 1 is 1.18 bits per heavy atom. The lowest BCUT2D eigenvalue weighted by atomic mass is 9.71. The average molecular weight is 690 g/mol. The summed E-state index contributed by atoms with van der Waals surface area (Å²) in [5, 5.41) is 8.43. The Hall–Kier alpha value is -3.54. The number of anilines is 1. The van der Waals surface area contributed by atoms with Crippen molar-refractivity contribution in [1.29, 1.82) is 0 Å². The van der Waals surface area contributed by atoms with Crippen LogP contribution in [0, 0.1) is 36.8 Å². The molecule has 244 valence electrons. The summed E-state index contributed by atoms with van der Waals surface area (Å²) in [6.45, 7) is 15.7. The molecule has 0 aliphatic carbocycles. The molecule has 1 aliphatic heterocycles. The third-order valence-corrected chi connectivity index (χ3v) is 9.38. The lowest BCUT2D eigenvalue weighted by molar-refractivity contribution is 0.0238. The molecule has 2 N–H and O–H groups in total. The largest absolute Gasteiger partial charge is 0.444 e. The van der Waals surface area contributed by atoms with Crippen molar-refractivity contribution in [1.82, 2.24) is 24.8 Å². The highest BCUT2D eigenvalue weighted by atomic mass is 79.9. The maximum Gasteiger partial charge on any atom is 0.410 e. The van der Waals surface area contributed by atoms with Crippen LogP contribution in [0.3, 0.4) is 0 Å². The number of ether oxygens (including phenoxy) is 1. The van der Waals surface area contributed by atoms with Crippen molar-refractivity contribution in [2.24, 2.45) is 11.3 Å². The fourth-order valence-corrected chi connectivity index (χ4v) is 6.28. The van der Waals surface area contributed by atoms with Gasteiger partial charge in [-0.15, -0.1) is 5.10 Å². The Labute approximate surface area is 272 Å². The quantitative estimate of drug-likeness (QED) is 0.209. The number of benzene rings is 2. The molecule has 0 saturated carbocycles. The molecule has 12 heteroatoms. The van der Waals surface area contributed by atoms with E-state index < -0.39 is 23.3 Å². The number of carbonyl (C=O) groups excluding carboxylic acids is 2. The molecule has 1 aliphatic rings. The van der Waals surface area contributed by atoms with Crippen molar-refractivity contribution in [3.05, 3.63) is 62.8 Å². The molecule has 45 heavy (non-hydrogen) atoms. The van der Waals surface area contributed by atoms with Crippen LogP contribution in [0.25, 0.3) is 11.3 Å². The van der Waals surface area contributed by atoms with Crippen LogP contribution in [0.4, 0.5) is 19.3 Å². The van der Waals surface area contributed by atoms with Gasteiger partial charge in [-0.3, -0.25) is 9.48 Å². The molecule has 0 radical (unpaired) electrons. The highest BCUT2D eigenvalue weighted by molar-refractivity contribution is 9.10. The number of hydrogen-bond acceptors (Lipinski definition) is 6. The Morgan fingerprint density at radius 3 is 2.42 bits per heavy atom. The van der Waals surface area contributed by atoms with E-state index in [1.54, 1.807) is 17.9 Å². The van der Waals surface area contributed by atoms with Crippen LogP contribution in [0.15, 0.2) is 28.9 Å². The van der Waals surface area contributed by atoms with Gasteiger partial charge in [0.05, 0.1) is 22.9 Å². The second-order valence-electron chi connectivity index (χ2n) is 13.5. The van der Waals surface area contributed by atoms with E-state index in [2.05, 4.69) is 40.1 Å². The summed E-state index contributed by atoms with van der Waals surface area (Å²) in [5.41, 5.74) is 8.66. The van der Waals surface area contributed by atoms with Gasteiger partial charge in [0.2, 0.25) is 0 Å². The summed E-state index contributed by atoms with van der Waals surface area (Å²) in [4.78, 5) is 29.9. The Kier molecular flexibility index (Phi) is 9.96. The van der Waals surface area contributed by atoms with Crippen LogP contribution in [0.5, 0.6) is 0 Å². The molecule has 1 unspecified atom stereocenters. The molecule has 1 aromatic heterocycles. The number of piperidine rings is 1. The molecule has 4 rings (SSSR count). The normalized spacial score (nSPS) is 17.1. The van der Waals surface area contributed by atoms with E-state index in [9.17, 15) is 18.4 Å². The van der Waals surface area contributed by atoms with Crippen LogP contribution >= 0.6 is 15.9 Å². The first-order chi connectivity index (χ1) is 20.9. The Morgan fingerprint density at radius 2 is 1.82 bits per heavy atom. The summed E-state index contributed by atoms with van der Waals surface area (Å²) >= 11 is 2.88. The minimum Gasteiger partial charge on any atom is -0.444 e. The molecule has 0 bridgehead atoms. The van der Waals surface area contributed by atoms with Gasteiger partial charge in [-0.25, -0.2) is 13.6 Å². The van der Waals surface area contributed by atoms with Crippen molar-refractivity contribution < 1.29 is 23.1 Å². The van der Waals surface area contributed by atoms with E-state index in [0.717, 1.165) is 35.6 Å². The van der Waals surface area contributed by atoms with Gasteiger partial charge in [-0.1, -0.05) is 19.1 Å². The van der Waals surface area contributed by atoms with Gasteiger partial charge < -0.3 is 20.3 Å². The molecule has 2 amide bonds. The van der Waals surface area contributed by atoms with Gasteiger partial charge in [-0.2, -0.15) is 0 Å². The second kappa shape index (κ2) is 13.1. The number of nitrogens with zero attached hydrogens (tertiary/aromatic N) is 5. The highest BCUT2D eigenvalue weighted by Gasteiger charge is 2.41. The van der Waals surface area contributed by atoms with Gasteiger partial charge in [0.15, 0.2) is 5.82 Å². The maximum absolute atomic E-state index is 14.4. The third-order valence-electron chi connectivity index (χ3n) is 8.66. The molecule has 1 atom stereocenters. The highest BCUT2D eigenvalue weighted by Crippen LogP contribution is 2.40. The van der Waals surface area contributed by atoms with Gasteiger partial charge in [0, 0.05) is 43.2 Å². The Bertz CT molecular complexity index is 1580. The van der Waals surface area contributed by atoms with E-state index in [1.807, 2.05) is 51.7 Å². The van der Waals surface area contributed by atoms with Gasteiger partial charge >= 0.3 is 6.09 Å². The summed E-state index contributed by atoms with van der Waals surface area (Å²) < 4.78 is 35.5. The van der Waals surface area contributed by atoms with Crippen LogP contribution in [-0.2, 0) is 17.8 Å². The van der Waals surface area contributed by atoms with Crippen LogP contribution in [0.2, 0.25) is 0 Å². The molecule has 1 fully saturated rings. The van der Waals surface area contributed by atoms with E-state index in [-0.39, 0.29) is 38.7 Å². The molecule has 2 aromatic carbocycles. The van der Waals surface area contributed by atoms with Gasteiger partial charge in [0.25, 0.3) is 5.91 Å². The third kappa shape index (κ3) is 7.48. The first kappa shape index (κ1) is 34.3. The standard InChI is InChI=1S/C33H43BrF2N6O3/c1-19(2)33(18-42-16-26(38-39-42)23-14-25(35)27(34)28(36)29(23)37)10-9-11-41(17-33)30(43)22-12-20(3)24(21(4)13-22)15-40(8)31(44)45-32(5,6)7/h12-14,16,19H,9-11,15,17-18,37H2,1-8H3. The van der Waals surface area contributed by atoms with Crippen molar-refractivity contribution in [2.75, 3.05) is 25.9 Å². The predicted molar refractivity (Wildman–Crippen MR) is 174 cm³/mol. The zero-order valence-electron chi connectivity index (χ0n) is 27.3. The smallest absolute Gasteiger partial charge is 0.410 e. The number of hydrogen-bond donors (Lipinski definition) is 1. The minimum atomic E-state index is -0.881. The Balaban J connectivity index is 1.53. The fraction of sp³-hybridized carbons (Fsp3) is 0.515. The van der Waals surface area contributed by atoms with Crippen LogP contribution in [0.1, 0.15) is 74.5 Å². The monoisotopic (exact) mass is 688 g/mol. The molecular weight excluding hydrogens is 646 g/mol. The lowest BCUT2D eigenvalue weighted by Gasteiger charge is -2.45. The first-order valence-corrected chi connectivity index (χ1v) is 15.9. The molecule has 2 heterocycles. The number of aromatic nitrogens is 3. The molecule has 0 spiro atoms. The average Bonchev–Trinajstić information content (AvgIpc) is 3.42. The number of likely N-dealkylation sites (tertiary alicyclic amines) is 1. The van der Waals surface area contributed by atoms with Crippen molar-refractivity contribution >= 4 is 33.6 Å². The molecule has 9 nitrogen and oxygen atoms in total. The summed E-state index contributed by atoms with van der Waals surface area (Å²) in [6.07, 6.45) is 2.93. The zero-order chi connectivity index (χ0) is 33.4. The van der Waals surface area contributed by atoms with Crippen LogP contribution < -0.4 is 5.73 Å². The van der Waals surface area contributed by atoms with Gasteiger partial charge in [-0.05, 0) is 104 Å². The van der Waals surface area contributed by atoms with Gasteiger partial charge in [0.1, 0.15) is 17.1 Å². The van der Waals surface area contributed by atoms with Crippen molar-refractivity contribution in [2.45, 2.75) is 80.0 Å². The maximum atomic E-state index is 14.4. The fourth-order valence-electron chi connectivity index (χ4n) is 5.95. The predicted octanol–water partition coefficient (Wildman–Crippen LogP) is 7.13. The summed E-state index contributed by atoms with van der Waals surface area (Å²) in [6, 6.07) is 4.93. The number of rotatable bonds is 7. The van der Waals surface area contributed by atoms with Crippen LogP contribution in [-0.4, -0.2) is 62.5 Å². The number of carbonyl (C=O) groups is 2. The van der Waals surface area contributed by atoms with Crippen molar-refractivity contribution in [3.63, 3.8) is 0 Å². The van der Waals surface area contributed by atoms with E-state index >= 15 is 0 Å². The number of aryl methyl sites for hydroxylation is 2. The number of nitrogens with two attached hydrogens (primary N) is 1. The SMILES string of the molecule is Cc1cc(C(=O)N2CCCC(Cn3cc(-c4cc(F)c(Br)c(F)c4N)nn3)(C(C)C)C2)cc(C)c1CN(C)C(=O)OC(C)(C)C. The second-order valence-corrected chi connectivity index (χ2v) is 14.3. The number of amides is 2. The molecule has 1 saturated heterocycles. The lowest BCUT2D eigenvalue weighted by Crippen LogP contribution is -2.50. The summed E-state index contributed by atoms with van der Waals surface area (Å²) in [7, 11) is 1.70. The van der Waals surface area contributed by atoms with E-state index in [1.165, 1.54) is 4.90 Å². The zero-order valence-corrected chi connectivity index (χ0v) is 28.9.